The Morgan fingerprint density at radius 3 is 2.39 bits per heavy atom. The lowest BCUT2D eigenvalue weighted by Gasteiger charge is -2.33. The molecule has 1 aromatic carbocycles. The van der Waals surface area contributed by atoms with Crippen molar-refractivity contribution in [1.82, 2.24) is 14.8 Å². The molecule has 0 unspecified atom stereocenters. The highest BCUT2D eigenvalue weighted by Gasteiger charge is 2.48. The number of likely N-dealkylation sites (tertiary alicyclic amines) is 2. The van der Waals surface area contributed by atoms with E-state index in [1.165, 1.54) is 23.5 Å². The van der Waals surface area contributed by atoms with Crippen molar-refractivity contribution in [3.63, 3.8) is 0 Å². The Hall–Kier alpha value is -3.00. The van der Waals surface area contributed by atoms with Crippen LogP contribution < -0.4 is 0 Å². The van der Waals surface area contributed by atoms with Crippen LogP contribution in [0.4, 0.5) is 4.39 Å². The molecule has 0 N–H and O–H groups in total. The zero-order valence-corrected chi connectivity index (χ0v) is 18.1. The van der Waals surface area contributed by atoms with Gasteiger partial charge in [-0.2, -0.15) is 0 Å². The normalized spacial score (nSPS) is 20.1. The summed E-state index contributed by atoms with van der Waals surface area (Å²) in [5.41, 5.74) is 3.28. The predicted octanol–water partition coefficient (Wildman–Crippen LogP) is 4.40. The van der Waals surface area contributed by atoms with Crippen molar-refractivity contribution in [2.24, 2.45) is 0 Å². The molecular formula is C23H22FN3O3S. The quantitative estimate of drug-likeness (QED) is 0.604. The molecule has 6 nitrogen and oxygen atoms in total. The van der Waals surface area contributed by atoms with Crippen LogP contribution in [0.25, 0.3) is 11.3 Å². The second kappa shape index (κ2) is 7.60. The Morgan fingerprint density at radius 2 is 1.74 bits per heavy atom. The van der Waals surface area contributed by atoms with Crippen molar-refractivity contribution < 1.29 is 18.4 Å². The summed E-state index contributed by atoms with van der Waals surface area (Å²) in [6, 6.07) is 9.33. The Kier molecular flexibility index (Phi) is 4.89. The lowest BCUT2D eigenvalue weighted by atomic mass is 10.1. The highest BCUT2D eigenvalue weighted by atomic mass is 32.1. The molecule has 2 bridgehead atoms. The molecule has 2 amide bonds. The monoisotopic (exact) mass is 439 g/mol. The van der Waals surface area contributed by atoms with Gasteiger partial charge in [0, 0.05) is 18.7 Å². The molecule has 2 aromatic heterocycles. The van der Waals surface area contributed by atoms with Crippen molar-refractivity contribution >= 4 is 23.2 Å². The summed E-state index contributed by atoms with van der Waals surface area (Å²) in [5, 5.41) is 0. The van der Waals surface area contributed by atoms with Gasteiger partial charge >= 0.3 is 0 Å². The van der Waals surface area contributed by atoms with Gasteiger partial charge in [0.05, 0.1) is 23.3 Å². The number of halogens is 1. The van der Waals surface area contributed by atoms with Crippen LogP contribution >= 0.6 is 11.3 Å². The summed E-state index contributed by atoms with van der Waals surface area (Å²) in [6.07, 6.45) is 0.777. The third-order valence-electron chi connectivity index (χ3n) is 6.04. The molecule has 2 fully saturated rings. The molecule has 2 aliphatic heterocycles. The number of rotatable bonds is 4. The highest BCUT2D eigenvalue weighted by molar-refractivity contribution is 7.11. The van der Waals surface area contributed by atoms with E-state index in [2.05, 4.69) is 4.98 Å². The van der Waals surface area contributed by atoms with Gasteiger partial charge in [-0.05, 0) is 48.7 Å². The van der Waals surface area contributed by atoms with Gasteiger partial charge < -0.3 is 14.2 Å². The topological polar surface area (TPSA) is 66.7 Å². The van der Waals surface area contributed by atoms with Gasteiger partial charge in [-0.3, -0.25) is 9.59 Å². The van der Waals surface area contributed by atoms with Crippen molar-refractivity contribution in [1.29, 1.82) is 0 Å². The van der Waals surface area contributed by atoms with Crippen molar-refractivity contribution in [2.45, 2.75) is 38.3 Å². The van der Waals surface area contributed by atoms with Gasteiger partial charge in [-0.15, -0.1) is 11.3 Å². The third-order valence-corrected chi connectivity index (χ3v) is 6.87. The molecule has 160 valence electrons. The number of thiazole rings is 1. The molecule has 3 aromatic rings. The fourth-order valence-corrected chi connectivity index (χ4v) is 5.38. The molecule has 2 aliphatic rings. The van der Waals surface area contributed by atoms with Gasteiger partial charge in [0.15, 0.2) is 5.76 Å². The zero-order chi connectivity index (χ0) is 21.7. The molecule has 2 saturated heterocycles. The maximum Gasteiger partial charge on any atom is 0.289 e. The van der Waals surface area contributed by atoms with Crippen LogP contribution in [-0.4, -0.2) is 51.8 Å². The summed E-state index contributed by atoms with van der Waals surface area (Å²) in [6.45, 7) is 5.09. The summed E-state index contributed by atoms with van der Waals surface area (Å²) >= 11 is 1.38. The second-order valence-electron chi connectivity index (χ2n) is 8.35. The molecule has 5 rings (SSSR count). The predicted molar refractivity (Wildman–Crippen MR) is 115 cm³/mol. The maximum absolute atomic E-state index is 13.1. The lowest BCUT2D eigenvalue weighted by Crippen LogP contribution is -2.50. The lowest BCUT2D eigenvalue weighted by molar-refractivity contribution is 0.0511. The molecule has 8 heteroatoms. The van der Waals surface area contributed by atoms with Crippen LogP contribution in [0.5, 0.6) is 0 Å². The number of nitrogens with zero attached hydrogens (tertiary/aromatic N) is 3. The average molecular weight is 440 g/mol. The Bertz CT molecular complexity index is 1140. The first kappa shape index (κ1) is 19.9. The standard InChI is InChI=1S/C23H22FN3O3S/c1-13(2)20-21(31-12-25-20)23(29)27-11-16-9-17(27)10-26(16)22(28)19-8-7-18(30-19)14-3-5-15(24)6-4-14/h3-8,12-13,16-17H,9-11H2,1-2H3/t16-,17-/m0/s1. The number of amides is 2. The van der Waals surface area contributed by atoms with Gasteiger partial charge in [-0.1, -0.05) is 13.8 Å². The minimum Gasteiger partial charge on any atom is -0.451 e. The fourth-order valence-electron chi connectivity index (χ4n) is 4.48. The average Bonchev–Trinajstić information content (AvgIpc) is 3.56. The fraction of sp³-hybridized carbons (Fsp3) is 0.348. The van der Waals surface area contributed by atoms with Crippen LogP contribution in [-0.2, 0) is 0 Å². The molecule has 4 heterocycles. The molecule has 0 spiro atoms. The summed E-state index contributed by atoms with van der Waals surface area (Å²) in [4.78, 5) is 34.9. The first-order valence-corrected chi connectivity index (χ1v) is 11.2. The van der Waals surface area contributed by atoms with E-state index in [-0.39, 0.29) is 41.4 Å². The summed E-state index contributed by atoms with van der Waals surface area (Å²) in [7, 11) is 0. The van der Waals surface area contributed by atoms with Crippen LogP contribution in [0.15, 0.2) is 46.3 Å². The minimum absolute atomic E-state index is 0.00935. The van der Waals surface area contributed by atoms with Crippen LogP contribution in [0.1, 0.15) is 52.1 Å². The smallest absolute Gasteiger partial charge is 0.289 e. The number of benzene rings is 1. The van der Waals surface area contributed by atoms with Crippen molar-refractivity contribution in [2.75, 3.05) is 13.1 Å². The summed E-state index contributed by atoms with van der Waals surface area (Å²) < 4.78 is 18.9. The first-order valence-electron chi connectivity index (χ1n) is 10.3. The molecule has 0 radical (unpaired) electrons. The summed E-state index contributed by atoms with van der Waals surface area (Å²) in [5.74, 6) is 0.496. The SMILES string of the molecule is CC(C)c1ncsc1C(=O)N1C[C@@H]2C[C@H]1CN2C(=O)c1ccc(-c2ccc(F)cc2)o1. The Labute approximate surface area is 183 Å². The second-order valence-corrected chi connectivity index (χ2v) is 9.21. The number of aromatic nitrogens is 1. The number of piperazine rings is 1. The maximum atomic E-state index is 13.1. The number of hydrogen-bond donors (Lipinski definition) is 0. The molecular weight excluding hydrogens is 417 g/mol. The first-order chi connectivity index (χ1) is 14.9. The number of fused-ring (bicyclic) bond motifs is 2. The Morgan fingerprint density at radius 1 is 1.06 bits per heavy atom. The number of carbonyl (C=O) groups is 2. The largest absolute Gasteiger partial charge is 0.451 e. The number of hydrogen-bond acceptors (Lipinski definition) is 5. The van der Waals surface area contributed by atoms with Gasteiger partial charge in [0.1, 0.15) is 16.5 Å². The van der Waals surface area contributed by atoms with E-state index in [1.54, 1.807) is 34.7 Å². The van der Waals surface area contributed by atoms with E-state index in [4.69, 9.17) is 4.42 Å². The van der Waals surface area contributed by atoms with Crippen LogP contribution in [0.2, 0.25) is 0 Å². The van der Waals surface area contributed by atoms with Crippen molar-refractivity contribution in [3.05, 3.63) is 64.1 Å². The molecule has 31 heavy (non-hydrogen) atoms. The third kappa shape index (κ3) is 3.44. The van der Waals surface area contributed by atoms with Crippen LogP contribution in [0.3, 0.4) is 0 Å². The molecule has 0 saturated carbocycles. The van der Waals surface area contributed by atoms with Gasteiger partial charge in [0.2, 0.25) is 0 Å². The zero-order valence-electron chi connectivity index (χ0n) is 17.2. The highest BCUT2D eigenvalue weighted by Crippen LogP contribution is 2.35. The van der Waals surface area contributed by atoms with E-state index in [0.717, 1.165) is 12.1 Å². The van der Waals surface area contributed by atoms with E-state index in [0.29, 0.717) is 29.3 Å². The number of carbonyl (C=O) groups excluding carboxylic acids is 2. The van der Waals surface area contributed by atoms with E-state index < -0.39 is 0 Å². The number of furan rings is 1. The van der Waals surface area contributed by atoms with Gasteiger partial charge in [-0.25, -0.2) is 9.37 Å². The minimum atomic E-state index is -0.322. The molecule has 0 aliphatic carbocycles. The Balaban J connectivity index is 1.29. The van der Waals surface area contributed by atoms with Gasteiger partial charge in [0.25, 0.3) is 11.8 Å². The van der Waals surface area contributed by atoms with Crippen LogP contribution in [0, 0.1) is 5.82 Å². The van der Waals surface area contributed by atoms with E-state index in [1.807, 2.05) is 18.7 Å². The van der Waals surface area contributed by atoms with E-state index >= 15 is 0 Å². The van der Waals surface area contributed by atoms with Crippen molar-refractivity contribution in [3.8, 4) is 11.3 Å². The van der Waals surface area contributed by atoms with E-state index in [9.17, 15) is 14.0 Å². The molecule has 2 atom stereocenters.